The maximum Gasteiger partial charge on any atom is 0.329 e. The number of aromatic amines is 1. The first kappa shape index (κ1) is 22.4. The molecule has 3 heterocycles. The average Bonchev–Trinajstić information content (AvgIpc) is 3.19. The van der Waals surface area contributed by atoms with Crippen molar-refractivity contribution in [2.75, 3.05) is 31.1 Å². The first-order valence-corrected chi connectivity index (χ1v) is 11.4. The summed E-state index contributed by atoms with van der Waals surface area (Å²) in [6.07, 6.45) is 0. The van der Waals surface area contributed by atoms with Crippen LogP contribution in [0.25, 0.3) is 11.2 Å². The van der Waals surface area contributed by atoms with Crippen LogP contribution in [0.4, 0.5) is 10.3 Å². The van der Waals surface area contributed by atoms with Gasteiger partial charge in [-0.1, -0.05) is 41.9 Å². The van der Waals surface area contributed by atoms with Crippen molar-refractivity contribution in [3.8, 4) is 0 Å². The Hall–Kier alpha value is -3.43. The number of H-pyrrole nitrogens is 1. The fourth-order valence-electron chi connectivity index (χ4n) is 4.41. The molecule has 2 aromatic heterocycles. The van der Waals surface area contributed by atoms with E-state index in [1.165, 1.54) is 10.6 Å². The van der Waals surface area contributed by atoms with Crippen molar-refractivity contribution < 1.29 is 4.39 Å². The molecule has 34 heavy (non-hydrogen) atoms. The minimum absolute atomic E-state index is 0.201. The number of anilines is 1. The molecule has 4 aromatic rings. The van der Waals surface area contributed by atoms with Gasteiger partial charge in [-0.05, 0) is 23.8 Å². The van der Waals surface area contributed by atoms with Crippen LogP contribution in [0.5, 0.6) is 0 Å². The molecule has 0 spiro atoms. The molecule has 1 aliphatic rings. The number of hydrogen-bond acceptors (Lipinski definition) is 5. The van der Waals surface area contributed by atoms with Crippen LogP contribution in [0.3, 0.4) is 0 Å². The van der Waals surface area contributed by atoms with E-state index in [-0.39, 0.29) is 5.82 Å². The highest BCUT2D eigenvalue weighted by molar-refractivity contribution is 6.30. The minimum Gasteiger partial charge on any atom is -0.340 e. The Morgan fingerprint density at radius 2 is 1.79 bits per heavy atom. The van der Waals surface area contributed by atoms with Gasteiger partial charge in [0.25, 0.3) is 5.56 Å². The Bertz CT molecular complexity index is 1470. The highest BCUT2D eigenvalue weighted by Gasteiger charge is 2.25. The third-order valence-corrected chi connectivity index (χ3v) is 6.46. The second kappa shape index (κ2) is 9.08. The van der Waals surface area contributed by atoms with Crippen molar-refractivity contribution in [3.05, 3.63) is 91.3 Å². The maximum absolute atomic E-state index is 14.1. The summed E-state index contributed by atoms with van der Waals surface area (Å²) < 4.78 is 17.3. The lowest BCUT2D eigenvalue weighted by Gasteiger charge is -2.35. The van der Waals surface area contributed by atoms with Gasteiger partial charge in [0.05, 0.1) is 6.54 Å². The van der Waals surface area contributed by atoms with Gasteiger partial charge in [-0.25, -0.2) is 9.18 Å². The quantitative estimate of drug-likeness (QED) is 0.473. The topological polar surface area (TPSA) is 79.2 Å². The van der Waals surface area contributed by atoms with Crippen molar-refractivity contribution in [3.63, 3.8) is 0 Å². The molecular weight excluding hydrogens is 459 g/mol. The molecule has 0 aliphatic carbocycles. The Morgan fingerprint density at radius 1 is 1.03 bits per heavy atom. The zero-order valence-electron chi connectivity index (χ0n) is 18.7. The third-order valence-electron chi connectivity index (χ3n) is 6.22. The molecule has 1 aliphatic heterocycles. The zero-order valence-corrected chi connectivity index (χ0v) is 19.4. The molecule has 0 amide bonds. The Morgan fingerprint density at radius 3 is 2.53 bits per heavy atom. The maximum atomic E-state index is 14.1. The van der Waals surface area contributed by atoms with Crippen LogP contribution in [0.15, 0.2) is 58.1 Å². The van der Waals surface area contributed by atoms with Gasteiger partial charge >= 0.3 is 5.69 Å². The highest BCUT2D eigenvalue weighted by atomic mass is 35.5. The van der Waals surface area contributed by atoms with Crippen molar-refractivity contribution in [1.29, 1.82) is 0 Å². The summed E-state index contributed by atoms with van der Waals surface area (Å²) in [7, 11) is 1.59. The van der Waals surface area contributed by atoms with Crippen LogP contribution in [0.1, 0.15) is 11.1 Å². The van der Waals surface area contributed by atoms with E-state index in [1.807, 2.05) is 28.8 Å². The minimum atomic E-state index is -0.508. The number of nitrogens with one attached hydrogen (secondary N) is 1. The van der Waals surface area contributed by atoms with E-state index < -0.39 is 11.2 Å². The van der Waals surface area contributed by atoms with Crippen molar-refractivity contribution >= 4 is 28.7 Å². The van der Waals surface area contributed by atoms with Gasteiger partial charge in [-0.2, -0.15) is 4.98 Å². The molecule has 10 heteroatoms. The molecule has 0 unspecified atom stereocenters. The zero-order chi connectivity index (χ0) is 23.8. The smallest absolute Gasteiger partial charge is 0.329 e. The van der Waals surface area contributed by atoms with E-state index in [0.29, 0.717) is 67.0 Å². The Kier molecular flexibility index (Phi) is 5.97. The van der Waals surface area contributed by atoms with Crippen LogP contribution < -0.4 is 16.1 Å². The SMILES string of the molecule is Cn1c(=O)[nH]c(=O)c2c1nc(N1CCN(Cc3ccccc3F)CC1)n2Cc1cccc(Cl)c1. The normalized spacial score (nSPS) is 14.7. The van der Waals surface area contributed by atoms with Crippen molar-refractivity contribution in [2.24, 2.45) is 7.05 Å². The molecule has 176 valence electrons. The number of fused-ring (bicyclic) bond motifs is 1. The van der Waals surface area contributed by atoms with Crippen LogP contribution in [0.2, 0.25) is 5.02 Å². The molecule has 2 aromatic carbocycles. The lowest BCUT2D eigenvalue weighted by molar-refractivity contribution is 0.245. The number of piperazine rings is 1. The molecule has 1 fully saturated rings. The largest absolute Gasteiger partial charge is 0.340 e. The van der Waals surface area contributed by atoms with Crippen LogP contribution in [-0.2, 0) is 20.1 Å². The standard InChI is InChI=1S/C24H24ClFN6O2/c1-29-21-20(22(33)28-24(29)34)32(14-16-5-4-7-18(25)13-16)23(27-21)31-11-9-30(10-12-31)15-17-6-2-3-8-19(17)26/h2-8,13H,9-12,14-15H2,1H3,(H,28,33,34). The first-order chi connectivity index (χ1) is 16.4. The van der Waals surface area contributed by atoms with Gasteiger partial charge < -0.3 is 4.90 Å². The van der Waals surface area contributed by atoms with Gasteiger partial charge in [0.2, 0.25) is 5.95 Å². The molecular formula is C24H24ClFN6O2. The molecule has 0 bridgehead atoms. The van der Waals surface area contributed by atoms with Gasteiger partial charge in [-0.15, -0.1) is 0 Å². The summed E-state index contributed by atoms with van der Waals surface area (Å²) in [5, 5.41) is 0.603. The molecule has 1 saturated heterocycles. The Balaban J connectivity index is 1.47. The second-order valence-electron chi connectivity index (χ2n) is 8.47. The lowest BCUT2D eigenvalue weighted by Crippen LogP contribution is -2.47. The predicted molar refractivity (Wildman–Crippen MR) is 130 cm³/mol. The second-order valence-corrected chi connectivity index (χ2v) is 8.91. The van der Waals surface area contributed by atoms with E-state index >= 15 is 0 Å². The van der Waals surface area contributed by atoms with Gasteiger partial charge in [0.1, 0.15) is 5.82 Å². The van der Waals surface area contributed by atoms with E-state index in [0.717, 1.165) is 5.56 Å². The van der Waals surface area contributed by atoms with Crippen LogP contribution >= 0.6 is 11.6 Å². The summed E-state index contributed by atoms with van der Waals surface area (Å²) in [4.78, 5) is 36.4. The van der Waals surface area contributed by atoms with E-state index in [1.54, 1.807) is 25.2 Å². The summed E-state index contributed by atoms with van der Waals surface area (Å²) in [5.41, 5.74) is 1.28. The molecule has 8 nitrogen and oxygen atoms in total. The molecule has 0 saturated carbocycles. The lowest BCUT2D eigenvalue weighted by atomic mass is 10.2. The third kappa shape index (κ3) is 4.24. The number of aryl methyl sites for hydroxylation is 1. The fraction of sp³-hybridized carbons (Fsp3) is 0.292. The van der Waals surface area contributed by atoms with E-state index in [9.17, 15) is 14.0 Å². The van der Waals surface area contributed by atoms with Gasteiger partial charge in [-0.3, -0.25) is 23.8 Å². The number of benzene rings is 2. The molecule has 0 atom stereocenters. The number of halogens is 2. The number of rotatable bonds is 5. The Labute approximate surface area is 199 Å². The average molecular weight is 483 g/mol. The molecule has 5 rings (SSSR count). The van der Waals surface area contributed by atoms with E-state index in [2.05, 4.69) is 14.8 Å². The fourth-order valence-corrected chi connectivity index (χ4v) is 4.62. The summed E-state index contributed by atoms with van der Waals surface area (Å²) >= 11 is 6.18. The number of hydrogen-bond donors (Lipinski definition) is 1. The number of aromatic nitrogens is 4. The van der Waals surface area contributed by atoms with Crippen molar-refractivity contribution in [2.45, 2.75) is 13.1 Å². The van der Waals surface area contributed by atoms with E-state index in [4.69, 9.17) is 16.6 Å². The summed E-state index contributed by atoms with van der Waals surface area (Å²) in [6.45, 7) is 3.64. The monoisotopic (exact) mass is 482 g/mol. The van der Waals surface area contributed by atoms with Crippen LogP contribution in [-0.4, -0.2) is 50.2 Å². The predicted octanol–water partition coefficient (Wildman–Crippen LogP) is 2.59. The van der Waals surface area contributed by atoms with Gasteiger partial charge in [0.15, 0.2) is 11.2 Å². The van der Waals surface area contributed by atoms with Crippen molar-refractivity contribution in [1.82, 2.24) is 24.0 Å². The number of imidazole rings is 1. The highest BCUT2D eigenvalue weighted by Crippen LogP contribution is 2.24. The molecule has 0 radical (unpaired) electrons. The van der Waals surface area contributed by atoms with Gasteiger partial charge in [0, 0.05) is 50.4 Å². The number of nitrogens with zero attached hydrogens (tertiary/aromatic N) is 5. The van der Waals surface area contributed by atoms with Crippen LogP contribution in [0, 0.1) is 5.82 Å². The summed E-state index contributed by atoms with van der Waals surface area (Å²) in [6, 6.07) is 14.3. The first-order valence-electron chi connectivity index (χ1n) is 11.1. The summed E-state index contributed by atoms with van der Waals surface area (Å²) in [5.74, 6) is 0.417. The molecule has 1 N–H and O–H groups in total.